The van der Waals surface area contributed by atoms with Crippen LogP contribution in [0.5, 0.6) is 0 Å². The number of carbonyl (C=O) groups is 4. The van der Waals surface area contributed by atoms with Gasteiger partial charge in [-0.15, -0.1) is 0 Å². The van der Waals surface area contributed by atoms with Crippen LogP contribution in [0.25, 0.3) is 17.0 Å². The number of hydrazine groups is 1. The number of aromatic nitrogens is 1. The van der Waals surface area contributed by atoms with E-state index in [1.54, 1.807) is 38.8 Å². The first-order valence-corrected chi connectivity index (χ1v) is 15.6. The Morgan fingerprint density at radius 3 is 2.52 bits per heavy atom. The van der Waals surface area contributed by atoms with Gasteiger partial charge in [-0.05, 0) is 75.6 Å². The van der Waals surface area contributed by atoms with E-state index in [-0.39, 0.29) is 23.8 Å². The fraction of sp³-hybridized carbons (Fsp3) is 0.545. The minimum Gasteiger partial charge on any atom is -0.450 e. The summed E-state index contributed by atoms with van der Waals surface area (Å²) in [5.41, 5.74) is 4.04. The lowest BCUT2D eigenvalue weighted by Gasteiger charge is -2.37. The average Bonchev–Trinajstić information content (AvgIpc) is 3.04. The van der Waals surface area contributed by atoms with E-state index in [4.69, 9.17) is 14.5 Å². The molecule has 2 saturated heterocycles. The molecule has 4 heterocycles. The first-order valence-electron chi connectivity index (χ1n) is 15.6. The highest BCUT2D eigenvalue weighted by atomic mass is 16.6. The molecule has 5 rings (SSSR count). The highest BCUT2D eigenvalue weighted by molar-refractivity contribution is 5.92. The zero-order valence-corrected chi connectivity index (χ0v) is 26.2. The molecule has 0 saturated carbocycles. The SMILES string of the molecule is CC(C)[C@@H]1OC(=O)C2(/C=C\c3ccc4ccc(nc4c3)[C@@H](C)N(C)C(=O)[C@@H]3CCCN(N3)C(=O)[C@H](C)NC1=O)CCCCO2. The van der Waals surface area contributed by atoms with E-state index in [1.165, 1.54) is 5.01 Å². The maximum Gasteiger partial charge on any atom is 0.343 e. The number of hydrogen-bond donors (Lipinski definition) is 2. The Labute approximate surface area is 258 Å². The van der Waals surface area contributed by atoms with Crippen LogP contribution in [0.15, 0.2) is 36.4 Å². The fourth-order valence-electron chi connectivity index (χ4n) is 5.95. The summed E-state index contributed by atoms with van der Waals surface area (Å²) < 4.78 is 11.9. The van der Waals surface area contributed by atoms with Gasteiger partial charge in [-0.2, -0.15) is 0 Å². The van der Waals surface area contributed by atoms with Gasteiger partial charge in [0.25, 0.3) is 11.8 Å². The van der Waals surface area contributed by atoms with E-state index in [0.29, 0.717) is 32.4 Å². The quantitative estimate of drug-likeness (QED) is 0.474. The van der Waals surface area contributed by atoms with Crippen LogP contribution in [-0.4, -0.2) is 82.6 Å². The molecule has 44 heavy (non-hydrogen) atoms. The van der Waals surface area contributed by atoms with Gasteiger partial charge in [0.15, 0.2) is 11.7 Å². The summed E-state index contributed by atoms with van der Waals surface area (Å²) in [6, 6.07) is 7.89. The number of hydrogen-bond acceptors (Lipinski definition) is 8. The lowest BCUT2D eigenvalue weighted by atomic mass is 9.92. The maximum atomic E-state index is 13.8. The first-order chi connectivity index (χ1) is 21.0. The molecule has 2 N–H and O–H groups in total. The van der Waals surface area contributed by atoms with Crippen LogP contribution >= 0.6 is 0 Å². The second-order valence-corrected chi connectivity index (χ2v) is 12.5. The van der Waals surface area contributed by atoms with Crippen LogP contribution in [0.1, 0.15) is 77.1 Å². The number of ether oxygens (including phenoxy) is 2. The van der Waals surface area contributed by atoms with Gasteiger partial charge < -0.3 is 19.7 Å². The number of nitrogens with zero attached hydrogens (tertiary/aromatic N) is 3. The van der Waals surface area contributed by atoms with Gasteiger partial charge >= 0.3 is 5.97 Å². The number of rotatable bonds is 1. The minimum atomic E-state index is -1.35. The molecule has 11 heteroatoms. The van der Waals surface area contributed by atoms with Crippen LogP contribution in [0, 0.1) is 5.92 Å². The summed E-state index contributed by atoms with van der Waals surface area (Å²) in [5, 5.41) is 5.08. The smallest absolute Gasteiger partial charge is 0.343 e. The molecule has 1 aromatic heterocycles. The molecule has 1 unspecified atom stereocenters. The van der Waals surface area contributed by atoms with Crippen molar-refractivity contribution in [1.82, 2.24) is 25.6 Å². The van der Waals surface area contributed by atoms with E-state index in [0.717, 1.165) is 35.0 Å². The molecular weight excluding hydrogens is 562 g/mol. The van der Waals surface area contributed by atoms with Gasteiger partial charge in [-0.25, -0.2) is 10.2 Å². The van der Waals surface area contributed by atoms with Crippen molar-refractivity contribution in [3.05, 3.63) is 47.7 Å². The third-order valence-electron chi connectivity index (χ3n) is 8.86. The van der Waals surface area contributed by atoms with Crippen molar-refractivity contribution in [2.45, 2.75) is 89.6 Å². The van der Waals surface area contributed by atoms with E-state index >= 15 is 0 Å². The second-order valence-electron chi connectivity index (χ2n) is 12.5. The number of cyclic esters (lactones) is 1. The normalized spacial score (nSPS) is 30.0. The predicted molar refractivity (Wildman–Crippen MR) is 165 cm³/mol. The zero-order valence-electron chi connectivity index (χ0n) is 26.2. The number of pyridine rings is 1. The number of esters is 1. The van der Waals surface area contributed by atoms with Crippen molar-refractivity contribution < 1.29 is 28.7 Å². The molecule has 3 aliphatic rings. The van der Waals surface area contributed by atoms with Gasteiger partial charge in [0.2, 0.25) is 5.91 Å². The molecular formula is C33H43N5O6. The fourth-order valence-corrected chi connectivity index (χ4v) is 5.95. The maximum absolute atomic E-state index is 13.8. The molecule has 2 fully saturated rings. The number of carbonyl (C=O) groups excluding carboxylic acids is 4. The van der Waals surface area contributed by atoms with Crippen LogP contribution < -0.4 is 10.7 Å². The molecule has 1 spiro atoms. The Kier molecular flexibility index (Phi) is 9.36. The Morgan fingerprint density at radius 2 is 1.80 bits per heavy atom. The van der Waals surface area contributed by atoms with Crippen LogP contribution in [-0.2, 0) is 28.7 Å². The summed E-state index contributed by atoms with van der Waals surface area (Å²) in [5.74, 6) is -2.09. The van der Waals surface area contributed by atoms with Gasteiger partial charge in [0.1, 0.15) is 12.1 Å². The van der Waals surface area contributed by atoms with Crippen molar-refractivity contribution >= 4 is 40.7 Å². The molecule has 3 aliphatic heterocycles. The highest BCUT2D eigenvalue weighted by Gasteiger charge is 2.43. The third kappa shape index (κ3) is 6.49. The highest BCUT2D eigenvalue weighted by Crippen LogP contribution is 2.31. The number of benzene rings is 1. The van der Waals surface area contributed by atoms with E-state index in [1.807, 2.05) is 43.3 Å². The van der Waals surface area contributed by atoms with Gasteiger partial charge in [0.05, 0.1) is 17.3 Å². The molecule has 236 valence electrons. The topological polar surface area (TPSA) is 130 Å². The molecule has 11 nitrogen and oxygen atoms in total. The lowest BCUT2D eigenvalue weighted by molar-refractivity contribution is -0.181. The number of likely N-dealkylation sites (N-methyl/N-ethyl adjacent to an activating group) is 1. The van der Waals surface area contributed by atoms with Crippen molar-refractivity contribution in [1.29, 1.82) is 0 Å². The molecule has 0 aliphatic carbocycles. The van der Waals surface area contributed by atoms with Crippen molar-refractivity contribution in [2.24, 2.45) is 5.92 Å². The Morgan fingerprint density at radius 1 is 1.02 bits per heavy atom. The lowest BCUT2D eigenvalue weighted by Crippen LogP contribution is -2.61. The van der Waals surface area contributed by atoms with E-state index < -0.39 is 35.7 Å². The number of fused-ring (bicyclic) bond motifs is 4. The Balaban J connectivity index is 1.55. The van der Waals surface area contributed by atoms with E-state index in [9.17, 15) is 19.2 Å². The van der Waals surface area contributed by atoms with Gasteiger partial charge in [-0.3, -0.25) is 24.4 Å². The van der Waals surface area contributed by atoms with Crippen molar-refractivity contribution in [2.75, 3.05) is 20.2 Å². The Bertz CT molecular complexity index is 1450. The predicted octanol–water partition coefficient (Wildman–Crippen LogP) is 3.29. The largest absolute Gasteiger partial charge is 0.450 e. The van der Waals surface area contributed by atoms with Crippen molar-refractivity contribution in [3.63, 3.8) is 0 Å². The third-order valence-corrected chi connectivity index (χ3v) is 8.86. The minimum absolute atomic E-state index is 0.152. The summed E-state index contributed by atoms with van der Waals surface area (Å²) >= 11 is 0. The molecule has 2 aromatic rings. The van der Waals surface area contributed by atoms with Crippen LogP contribution in [0.2, 0.25) is 0 Å². The average molecular weight is 606 g/mol. The number of nitrogens with one attached hydrogen (secondary N) is 2. The number of amides is 3. The van der Waals surface area contributed by atoms with Crippen molar-refractivity contribution in [3.8, 4) is 0 Å². The molecule has 1 aromatic carbocycles. The first kappa shape index (κ1) is 31.6. The zero-order chi connectivity index (χ0) is 31.6. The van der Waals surface area contributed by atoms with Crippen LogP contribution in [0.3, 0.4) is 0 Å². The standard InChI is InChI=1S/C33H43N5O6/c1-20(2)28-29(39)34-21(3)30(40)38-17-8-9-26(36-38)31(41)37(5)22(4)25-13-12-24-11-10-23(19-27(24)35-25)14-16-33(32(42)44-28)15-6-7-18-43-33/h10-14,16,19-22,26,28,36H,6-9,15,17-18H2,1-5H3,(H,34,39)/b16-14-/t21-,22+,26-,28-,33?/m0/s1. The summed E-state index contributed by atoms with van der Waals surface area (Å²) in [6.07, 6.45) is 5.60. The monoisotopic (exact) mass is 605 g/mol. The molecule has 5 atom stereocenters. The van der Waals surface area contributed by atoms with Crippen LogP contribution in [0.4, 0.5) is 0 Å². The second kappa shape index (κ2) is 13.0. The van der Waals surface area contributed by atoms with E-state index in [2.05, 4.69) is 10.7 Å². The summed E-state index contributed by atoms with van der Waals surface area (Å²) in [7, 11) is 1.74. The molecule has 5 bridgehead atoms. The Hall–Kier alpha value is -3.83. The molecule has 0 radical (unpaired) electrons. The van der Waals surface area contributed by atoms with Gasteiger partial charge in [-0.1, -0.05) is 38.1 Å². The summed E-state index contributed by atoms with van der Waals surface area (Å²) in [6.45, 7) is 7.86. The molecule has 3 amide bonds. The van der Waals surface area contributed by atoms with Gasteiger partial charge in [0, 0.05) is 25.6 Å². The summed E-state index contributed by atoms with van der Waals surface area (Å²) in [4.78, 5) is 60.7.